The molecule has 1 aromatic carbocycles. The summed E-state index contributed by atoms with van der Waals surface area (Å²) < 4.78 is 8.96. The normalized spacial score (nSPS) is 17.0. The number of rotatable bonds is 5. The number of carbonyl (C=O) groups excluding carboxylic acids is 1. The van der Waals surface area contributed by atoms with E-state index < -0.39 is 0 Å². The van der Waals surface area contributed by atoms with Crippen LogP contribution < -0.4 is 31.4 Å². The van der Waals surface area contributed by atoms with E-state index in [4.69, 9.17) is 21.2 Å². The van der Waals surface area contributed by atoms with Crippen LogP contribution in [-0.4, -0.2) is 42.1 Å². The van der Waals surface area contributed by atoms with Crippen molar-refractivity contribution in [2.24, 2.45) is 0 Å². The van der Waals surface area contributed by atoms with Crippen LogP contribution in [0.25, 0.3) is 16.8 Å². The number of carbonyl (C=O) groups is 1. The Morgan fingerprint density at radius 1 is 1.31 bits per heavy atom. The Kier molecular flexibility index (Phi) is 6.41. The van der Waals surface area contributed by atoms with Crippen molar-refractivity contribution in [3.63, 3.8) is 0 Å². The fourth-order valence-electron chi connectivity index (χ4n) is 3.04. The summed E-state index contributed by atoms with van der Waals surface area (Å²) in [6.45, 7) is 2.96. The van der Waals surface area contributed by atoms with Gasteiger partial charge in [-0.3, -0.25) is 0 Å². The van der Waals surface area contributed by atoms with Crippen LogP contribution in [0, 0.1) is 0 Å². The summed E-state index contributed by atoms with van der Waals surface area (Å²) in [5.41, 5.74) is 5.24. The third-order valence-electron chi connectivity index (χ3n) is 4.53. The van der Waals surface area contributed by atoms with Gasteiger partial charge < -0.3 is 0 Å². The molecule has 0 aliphatic carbocycles. The zero-order valence-corrected chi connectivity index (χ0v) is 18.8. The summed E-state index contributed by atoms with van der Waals surface area (Å²) >= 11 is 6.25. The van der Waals surface area contributed by atoms with Crippen LogP contribution in [0.4, 0.5) is 4.79 Å². The van der Waals surface area contributed by atoms with E-state index in [2.05, 4.69) is 10.5 Å². The molecule has 1 unspecified atom stereocenters. The van der Waals surface area contributed by atoms with Crippen LogP contribution in [0.3, 0.4) is 0 Å². The zero-order chi connectivity index (χ0) is 20.2. The molecule has 3 heterocycles. The second-order valence-electron chi connectivity index (χ2n) is 6.41. The molecule has 1 atom stereocenters. The topological polar surface area (TPSA) is 68.1 Å². The fourth-order valence-corrected chi connectivity index (χ4v) is 6.11. The van der Waals surface area contributed by atoms with Crippen molar-refractivity contribution in [3.05, 3.63) is 53.9 Å². The number of fused-ring (bicyclic) bond motifs is 1. The Bertz CT molecular complexity index is 987. The first kappa shape index (κ1) is 20.2. The summed E-state index contributed by atoms with van der Waals surface area (Å²) in [6, 6.07) is 11.7. The number of alkyl halides is 2. The van der Waals surface area contributed by atoms with Crippen molar-refractivity contribution in [2.45, 2.75) is 17.5 Å². The summed E-state index contributed by atoms with van der Waals surface area (Å²) in [5.74, 6) is 0.838. The molecular formula is C20H21ClIN4O3-. The van der Waals surface area contributed by atoms with E-state index in [1.54, 1.807) is 11.1 Å². The van der Waals surface area contributed by atoms with Gasteiger partial charge >= 0.3 is 185 Å². The average Bonchev–Trinajstić information content (AvgIpc) is 3.23. The standard InChI is InChI=1S/C20H21ClIN4O3/c1-2-28-24-20(27)25-11-9-17(22-13-25)29-15-5-3-14(4-6-15)16-7-8-18-23-10-12-26(18)19(16)21/h3-8,10,12,17H,2,9,11,13H2,1H3,(H,24,27)/q-1. The predicted molar refractivity (Wildman–Crippen MR) is 106 cm³/mol. The van der Waals surface area contributed by atoms with Gasteiger partial charge in [-0.1, -0.05) is 0 Å². The molecular weight excluding hydrogens is 507 g/mol. The van der Waals surface area contributed by atoms with Crippen LogP contribution in [0.5, 0.6) is 5.75 Å². The van der Waals surface area contributed by atoms with Gasteiger partial charge in [-0.2, -0.15) is 0 Å². The monoisotopic (exact) mass is 527 g/mol. The van der Waals surface area contributed by atoms with Gasteiger partial charge in [0.05, 0.1) is 0 Å². The first-order valence-corrected chi connectivity index (χ1v) is 12.4. The van der Waals surface area contributed by atoms with Crippen molar-refractivity contribution >= 4 is 23.3 Å². The molecule has 0 saturated carbocycles. The molecule has 0 radical (unpaired) electrons. The third kappa shape index (κ3) is 4.59. The molecule has 1 fully saturated rings. The maximum atomic E-state index is 11.9. The molecule has 1 N–H and O–H groups in total. The molecule has 2 amide bonds. The number of amides is 2. The summed E-state index contributed by atoms with van der Waals surface area (Å²) in [6.07, 6.45) is 4.41. The predicted octanol–water partition coefficient (Wildman–Crippen LogP) is 0.773. The number of nitrogens with zero attached hydrogens (tertiary/aromatic N) is 3. The van der Waals surface area contributed by atoms with E-state index in [-0.39, 0.29) is 31.3 Å². The first-order valence-electron chi connectivity index (χ1n) is 9.29. The molecule has 1 aliphatic rings. The third-order valence-corrected chi connectivity index (χ3v) is 8.00. The van der Waals surface area contributed by atoms with Crippen molar-refractivity contribution < 1.29 is 35.6 Å². The number of pyridine rings is 1. The molecule has 1 saturated heterocycles. The Morgan fingerprint density at radius 2 is 2.14 bits per heavy atom. The molecule has 154 valence electrons. The number of hydroxylamine groups is 1. The van der Waals surface area contributed by atoms with Gasteiger partial charge in [0.15, 0.2) is 0 Å². The van der Waals surface area contributed by atoms with Gasteiger partial charge in [-0.05, 0) is 0 Å². The van der Waals surface area contributed by atoms with Crippen molar-refractivity contribution in [1.82, 2.24) is 19.8 Å². The molecule has 3 aromatic rings. The second-order valence-corrected chi connectivity index (χ2v) is 9.72. The summed E-state index contributed by atoms with van der Waals surface area (Å²) in [7, 11) is 0. The van der Waals surface area contributed by atoms with Crippen LogP contribution in [0.1, 0.15) is 13.3 Å². The zero-order valence-electron chi connectivity index (χ0n) is 15.8. The van der Waals surface area contributed by atoms with E-state index in [1.165, 1.54) is 0 Å². The van der Waals surface area contributed by atoms with E-state index in [0.29, 0.717) is 18.3 Å². The average molecular weight is 528 g/mol. The molecule has 9 heteroatoms. The van der Waals surface area contributed by atoms with E-state index >= 15 is 0 Å². The van der Waals surface area contributed by atoms with E-state index in [1.807, 2.05) is 53.9 Å². The fraction of sp³-hybridized carbons (Fsp3) is 0.300. The quantitative estimate of drug-likeness (QED) is 0.175. The number of hydrogen-bond acceptors (Lipinski definition) is 4. The Labute approximate surface area is 184 Å². The molecule has 1 aliphatic heterocycles. The number of hydrogen-bond donors (Lipinski definition) is 1. The van der Waals surface area contributed by atoms with Crippen LogP contribution in [-0.2, 0) is 4.84 Å². The Hall–Kier alpha value is -2.04. The minimum absolute atomic E-state index is 0.166. The maximum absolute atomic E-state index is 11.9. The number of nitrogens with one attached hydrogen (secondary N) is 1. The Morgan fingerprint density at radius 3 is 2.86 bits per heavy atom. The van der Waals surface area contributed by atoms with Gasteiger partial charge in [0, 0.05) is 0 Å². The molecule has 29 heavy (non-hydrogen) atoms. The van der Waals surface area contributed by atoms with Gasteiger partial charge in [0.2, 0.25) is 0 Å². The van der Waals surface area contributed by atoms with Gasteiger partial charge in [-0.25, -0.2) is 0 Å². The SMILES string of the molecule is CCONC(=O)N1CCC(Oc2ccc(-c3ccc4nccn4c3Cl)cc2)[I-]C1. The molecule has 0 bridgehead atoms. The number of halogens is 2. The van der Waals surface area contributed by atoms with Crippen molar-refractivity contribution in [1.29, 1.82) is 0 Å². The minimum atomic E-state index is -0.283. The molecule has 2 aromatic heterocycles. The second kappa shape index (κ2) is 9.19. The van der Waals surface area contributed by atoms with Crippen LogP contribution in [0.2, 0.25) is 5.15 Å². The van der Waals surface area contributed by atoms with Crippen LogP contribution >= 0.6 is 11.6 Å². The molecule has 0 spiro atoms. The van der Waals surface area contributed by atoms with Gasteiger partial charge in [0.1, 0.15) is 0 Å². The van der Waals surface area contributed by atoms with Crippen LogP contribution in [0.15, 0.2) is 48.8 Å². The number of urea groups is 1. The van der Waals surface area contributed by atoms with Gasteiger partial charge in [0.25, 0.3) is 0 Å². The summed E-state index contributed by atoms with van der Waals surface area (Å²) in [5, 5.41) is 0.636. The van der Waals surface area contributed by atoms with Crippen molar-refractivity contribution in [3.8, 4) is 16.9 Å². The number of ether oxygens (including phenoxy) is 1. The van der Waals surface area contributed by atoms with Crippen molar-refractivity contribution in [2.75, 3.05) is 17.7 Å². The molecule has 4 rings (SSSR count). The number of imidazole rings is 1. The summed E-state index contributed by atoms with van der Waals surface area (Å²) in [4.78, 5) is 23.0. The number of aromatic nitrogens is 2. The first-order chi connectivity index (χ1) is 14.2. The number of benzene rings is 1. The molecule has 7 nitrogen and oxygen atoms in total. The van der Waals surface area contributed by atoms with Gasteiger partial charge in [-0.15, -0.1) is 0 Å². The van der Waals surface area contributed by atoms with E-state index in [0.717, 1.165) is 33.5 Å². The van der Waals surface area contributed by atoms with E-state index in [9.17, 15) is 4.79 Å². The Balaban J connectivity index is 1.36.